The van der Waals surface area contributed by atoms with Crippen molar-refractivity contribution in [3.05, 3.63) is 29.8 Å². The van der Waals surface area contributed by atoms with Gasteiger partial charge in [0.25, 0.3) is 0 Å². The highest BCUT2D eigenvalue weighted by molar-refractivity contribution is 5.32. The van der Waals surface area contributed by atoms with Crippen LogP contribution in [0.15, 0.2) is 24.3 Å². The van der Waals surface area contributed by atoms with Gasteiger partial charge in [-0.25, -0.2) is 0 Å². The standard InChI is InChI=1S/C16H24O/c1-12-8-9-15(10-12)17-14-7-5-6-13(11-14)16(2,3)4/h5-7,11-12,15H,8-10H2,1-4H3. The van der Waals surface area contributed by atoms with Crippen LogP contribution in [0.3, 0.4) is 0 Å². The molecule has 2 rings (SSSR count). The smallest absolute Gasteiger partial charge is 0.120 e. The molecule has 0 spiro atoms. The summed E-state index contributed by atoms with van der Waals surface area (Å²) in [6.07, 6.45) is 4.16. The van der Waals surface area contributed by atoms with Crippen LogP contribution in [-0.2, 0) is 5.41 Å². The minimum Gasteiger partial charge on any atom is -0.490 e. The van der Waals surface area contributed by atoms with Gasteiger partial charge in [-0.3, -0.25) is 0 Å². The van der Waals surface area contributed by atoms with Gasteiger partial charge in [0.1, 0.15) is 5.75 Å². The van der Waals surface area contributed by atoms with Crippen LogP contribution in [0.1, 0.15) is 52.5 Å². The van der Waals surface area contributed by atoms with Crippen molar-refractivity contribution in [2.75, 3.05) is 0 Å². The molecule has 0 bridgehead atoms. The lowest BCUT2D eigenvalue weighted by atomic mass is 9.87. The molecule has 1 nitrogen and oxygen atoms in total. The van der Waals surface area contributed by atoms with E-state index in [4.69, 9.17) is 4.74 Å². The van der Waals surface area contributed by atoms with Gasteiger partial charge >= 0.3 is 0 Å². The second-order valence-corrected chi connectivity index (χ2v) is 6.44. The van der Waals surface area contributed by atoms with Crippen LogP contribution < -0.4 is 4.74 Å². The maximum Gasteiger partial charge on any atom is 0.120 e. The van der Waals surface area contributed by atoms with E-state index in [9.17, 15) is 0 Å². The molecule has 1 aromatic rings. The second kappa shape index (κ2) is 4.72. The van der Waals surface area contributed by atoms with Gasteiger partial charge < -0.3 is 4.74 Å². The SMILES string of the molecule is CC1CCC(Oc2cccc(C(C)(C)C)c2)C1. The maximum atomic E-state index is 6.08. The van der Waals surface area contributed by atoms with Crippen LogP contribution in [0.25, 0.3) is 0 Å². The molecular weight excluding hydrogens is 208 g/mol. The molecule has 1 fully saturated rings. The largest absolute Gasteiger partial charge is 0.490 e. The summed E-state index contributed by atoms with van der Waals surface area (Å²) >= 11 is 0. The Morgan fingerprint density at radius 2 is 1.94 bits per heavy atom. The molecule has 0 amide bonds. The Balaban J connectivity index is 2.06. The van der Waals surface area contributed by atoms with E-state index in [2.05, 4.69) is 52.0 Å². The van der Waals surface area contributed by atoms with Gasteiger partial charge in [0, 0.05) is 0 Å². The fraction of sp³-hybridized carbons (Fsp3) is 0.625. The quantitative estimate of drug-likeness (QED) is 0.726. The highest BCUT2D eigenvalue weighted by Crippen LogP contribution is 2.30. The first-order valence-electron chi connectivity index (χ1n) is 6.72. The van der Waals surface area contributed by atoms with Gasteiger partial charge in [0.15, 0.2) is 0 Å². The predicted octanol–water partition coefficient (Wildman–Crippen LogP) is 4.55. The van der Waals surface area contributed by atoms with E-state index >= 15 is 0 Å². The summed E-state index contributed by atoms with van der Waals surface area (Å²) in [4.78, 5) is 0. The monoisotopic (exact) mass is 232 g/mol. The topological polar surface area (TPSA) is 9.23 Å². The zero-order chi connectivity index (χ0) is 12.5. The molecular formula is C16H24O. The van der Waals surface area contributed by atoms with Crippen LogP contribution in [0, 0.1) is 5.92 Å². The third kappa shape index (κ3) is 3.24. The fourth-order valence-electron chi connectivity index (χ4n) is 2.49. The summed E-state index contributed by atoms with van der Waals surface area (Å²) in [5, 5.41) is 0. The van der Waals surface area contributed by atoms with Crippen molar-refractivity contribution in [2.24, 2.45) is 5.92 Å². The molecule has 1 aliphatic carbocycles. The van der Waals surface area contributed by atoms with E-state index < -0.39 is 0 Å². The normalized spacial score (nSPS) is 24.9. The predicted molar refractivity (Wildman–Crippen MR) is 72.6 cm³/mol. The fourth-order valence-corrected chi connectivity index (χ4v) is 2.49. The van der Waals surface area contributed by atoms with Gasteiger partial charge in [-0.1, -0.05) is 39.8 Å². The van der Waals surface area contributed by atoms with Gasteiger partial charge in [-0.2, -0.15) is 0 Å². The molecule has 2 unspecified atom stereocenters. The van der Waals surface area contributed by atoms with E-state index in [1.54, 1.807) is 0 Å². The summed E-state index contributed by atoms with van der Waals surface area (Å²) in [5.74, 6) is 1.86. The van der Waals surface area contributed by atoms with Gasteiger partial charge in [0.05, 0.1) is 6.10 Å². The lowest BCUT2D eigenvalue weighted by Crippen LogP contribution is -2.14. The van der Waals surface area contributed by atoms with Crippen molar-refractivity contribution in [1.29, 1.82) is 0 Å². The molecule has 0 saturated heterocycles. The average molecular weight is 232 g/mol. The van der Waals surface area contributed by atoms with Crippen LogP contribution in [0.2, 0.25) is 0 Å². The Morgan fingerprint density at radius 3 is 2.53 bits per heavy atom. The molecule has 0 radical (unpaired) electrons. The number of rotatable bonds is 2. The minimum absolute atomic E-state index is 0.197. The van der Waals surface area contributed by atoms with Crippen LogP contribution >= 0.6 is 0 Å². The van der Waals surface area contributed by atoms with Crippen molar-refractivity contribution >= 4 is 0 Å². The third-order valence-corrected chi connectivity index (χ3v) is 3.65. The maximum absolute atomic E-state index is 6.08. The molecule has 0 N–H and O–H groups in total. The highest BCUT2D eigenvalue weighted by atomic mass is 16.5. The van der Waals surface area contributed by atoms with Gasteiger partial charge in [0.2, 0.25) is 0 Å². The molecule has 1 aromatic carbocycles. The summed E-state index contributed by atoms with van der Waals surface area (Å²) in [6.45, 7) is 9.03. The molecule has 0 aliphatic heterocycles. The zero-order valence-corrected chi connectivity index (χ0v) is 11.5. The van der Waals surface area contributed by atoms with Crippen LogP contribution in [0.4, 0.5) is 0 Å². The number of benzene rings is 1. The minimum atomic E-state index is 0.197. The van der Waals surface area contributed by atoms with Gasteiger partial charge in [-0.15, -0.1) is 0 Å². The first-order valence-corrected chi connectivity index (χ1v) is 6.72. The average Bonchev–Trinajstić information content (AvgIpc) is 2.63. The first-order chi connectivity index (χ1) is 7.95. The molecule has 17 heavy (non-hydrogen) atoms. The number of hydrogen-bond acceptors (Lipinski definition) is 1. The van der Waals surface area contributed by atoms with Crippen LogP contribution in [0.5, 0.6) is 5.75 Å². The molecule has 2 atom stereocenters. The Kier molecular flexibility index (Phi) is 3.46. The summed E-state index contributed by atoms with van der Waals surface area (Å²) in [7, 11) is 0. The van der Waals surface area contributed by atoms with Crippen molar-refractivity contribution in [2.45, 2.75) is 58.5 Å². The molecule has 1 heteroatoms. The Bertz CT molecular complexity index is 375. The third-order valence-electron chi connectivity index (χ3n) is 3.65. The molecule has 1 aliphatic rings. The van der Waals surface area contributed by atoms with Crippen LogP contribution in [-0.4, -0.2) is 6.10 Å². The Morgan fingerprint density at radius 1 is 1.18 bits per heavy atom. The van der Waals surface area contributed by atoms with E-state index in [1.165, 1.54) is 24.8 Å². The molecule has 1 saturated carbocycles. The summed E-state index contributed by atoms with van der Waals surface area (Å²) in [6, 6.07) is 8.57. The number of ether oxygens (including phenoxy) is 1. The highest BCUT2D eigenvalue weighted by Gasteiger charge is 2.23. The van der Waals surface area contributed by atoms with Crippen molar-refractivity contribution < 1.29 is 4.74 Å². The molecule has 94 valence electrons. The van der Waals surface area contributed by atoms with E-state index in [1.807, 2.05) is 0 Å². The van der Waals surface area contributed by atoms with Crippen molar-refractivity contribution in [1.82, 2.24) is 0 Å². The lowest BCUT2D eigenvalue weighted by Gasteiger charge is -2.21. The number of hydrogen-bond donors (Lipinski definition) is 0. The summed E-state index contributed by atoms with van der Waals surface area (Å²) < 4.78 is 6.08. The first kappa shape index (κ1) is 12.5. The summed E-state index contributed by atoms with van der Waals surface area (Å²) in [5.41, 5.74) is 1.54. The van der Waals surface area contributed by atoms with Crippen molar-refractivity contribution in [3.8, 4) is 5.75 Å². The van der Waals surface area contributed by atoms with Gasteiger partial charge in [-0.05, 0) is 48.3 Å². The lowest BCUT2D eigenvalue weighted by molar-refractivity contribution is 0.205. The molecule has 0 aromatic heterocycles. The van der Waals surface area contributed by atoms with E-state index in [0.717, 1.165) is 11.7 Å². The Labute approximate surface area is 105 Å². The second-order valence-electron chi connectivity index (χ2n) is 6.44. The van der Waals surface area contributed by atoms with E-state index in [-0.39, 0.29) is 5.41 Å². The molecule has 0 heterocycles. The zero-order valence-electron chi connectivity index (χ0n) is 11.5. The Hall–Kier alpha value is -0.980. The van der Waals surface area contributed by atoms with Crippen molar-refractivity contribution in [3.63, 3.8) is 0 Å². The van der Waals surface area contributed by atoms with E-state index in [0.29, 0.717) is 6.10 Å².